The van der Waals surface area contributed by atoms with E-state index in [1.807, 2.05) is 45.0 Å². The highest BCUT2D eigenvalue weighted by Gasteiger charge is 2.27. The second-order valence-corrected chi connectivity index (χ2v) is 8.05. The number of halogens is 2. The zero-order chi connectivity index (χ0) is 21.6. The van der Waals surface area contributed by atoms with Crippen molar-refractivity contribution >= 4 is 35.0 Å². The molecule has 0 heterocycles. The van der Waals surface area contributed by atoms with Crippen LogP contribution in [-0.4, -0.2) is 35.4 Å². The molecule has 0 aliphatic carbocycles. The number of aryl methyl sites for hydroxylation is 1. The van der Waals surface area contributed by atoms with Gasteiger partial charge in [-0.2, -0.15) is 0 Å². The van der Waals surface area contributed by atoms with Crippen LogP contribution in [0.5, 0.6) is 5.75 Å². The van der Waals surface area contributed by atoms with Crippen LogP contribution in [0.1, 0.15) is 31.9 Å². The van der Waals surface area contributed by atoms with Gasteiger partial charge in [-0.3, -0.25) is 9.59 Å². The van der Waals surface area contributed by atoms with Crippen LogP contribution in [0.4, 0.5) is 0 Å². The lowest BCUT2D eigenvalue weighted by atomic mass is 10.1. The molecule has 0 unspecified atom stereocenters. The summed E-state index contributed by atoms with van der Waals surface area (Å²) in [6.45, 7) is 7.51. The van der Waals surface area contributed by atoms with E-state index in [1.165, 1.54) is 4.90 Å². The summed E-state index contributed by atoms with van der Waals surface area (Å²) in [5.74, 6) is -0.174. The number of carbonyl (C=O) groups excluding carboxylic acids is 2. The molecule has 0 spiro atoms. The summed E-state index contributed by atoms with van der Waals surface area (Å²) in [5, 5.41) is 3.65. The molecule has 0 saturated carbocycles. The minimum absolute atomic E-state index is 0.0228. The minimum atomic E-state index is -0.657. The maximum atomic E-state index is 12.9. The number of benzene rings is 2. The van der Waals surface area contributed by atoms with Crippen molar-refractivity contribution in [1.29, 1.82) is 0 Å². The van der Waals surface area contributed by atoms with Crippen LogP contribution >= 0.6 is 23.2 Å². The molecule has 0 fully saturated rings. The van der Waals surface area contributed by atoms with Crippen molar-refractivity contribution in [2.75, 3.05) is 6.61 Å². The molecule has 0 bridgehead atoms. The third kappa shape index (κ3) is 6.94. The monoisotopic (exact) mass is 436 g/mol. The summed E-state index contributed by atoms with van der Waals surface area (Å²) >= 11 is 12.0. The van der Waals surface area contributed by atoms with Gasteiger partial charge in [0.1, 0.15) is 11.8 Å². The van der Waals surface area contributed by atoms with Gasteiger partial charge in [0.2, 0.25) is 5.91 Å². The molecule has 2 aromatic carbocycles. The van der Waals surface area contributed by atoms with Crippen LogP contribution in [-0.2, 0) is 16.1 Å². The number of nitrogens with one attached hydrogen (secondary N) is 1. The van der Waals surface area contributed by atoms with Crippen LogP contribution < -0.4 is 10.1 Å². The highest BCUT2D eigenvalue weighted by molar-refractivity contribution is 6.35. The zero-order valence-electron chi connectivity index (χ0n) is 17.0. The van der Waals surface area contributed by atoms with E-state index in [2.05, 4.69) is 5.32 Å². The van der Waals surface area contributed by atoms with Crippen molar-refractivity contribution < 1.29 is 14.3 Å². The highest BCUT2D eigenvalue weighted by atomic mass is 35.5. The second-order valence-electron chi connectivity index (χ2n) is 7.21. The lowest BCUT2D eigenvalue weighted by Gasteiger charge is -2.29. The van der Waals surface area contributed by atoms with Crippen LogP contribution in [0.3, 0.4) is 0 Å². The predicted molar refractivity (Wildman–Crippen MR) is 116 cm³/mol. The van der Waals surface area contributed by atoms with Crippen LogP contribution in [0, 0.1) is 6.92 Å². The van der Waals surface area contributed by atoms with Gasteiger partial charge in [0.05, 0.1) is 5.02 Å². The standard InChI is InChI=1S/C22H26Cl2N2O3/c1-14(2)25-22(28)16(4)26(12-17-7-5-15(3)6-8-17)21(27)13-29-20-10-9-18(23)11-19(20)24/h5-11,14,16H,12-13H2,1-4H3,(H,25,28)/t16-/m1/s1. The molecule has 1 N–H and O–H groups in total. The highest BCUT2D eigenvalue weighted by Crippen LogP contribution is 2.27. The fourth-order valence-electron chi connectivity index (χ4n) is 2.69. The van der Waals surface area contributed by atoms with Crippen molar-refractivity contribution in [3.63, 3.8) is 0 Å². The molecule has 2 rings (SSSR count). The fraction of sp³-hybridized carbons (Fsp3) is 0.364. The molecular formula is C22H26Cl2N2O3. The molecule has 7 heteroatoms. The molecule has 2 amide bonds. The Morgan fingerprint density at radius 1 is 1.07 bits per heavy atom. The number of nitrogens with zero attached hydrogens (tertiary/aromatic N) is 1. The maximum absolute atomic E-state index is 12.9. The Morgan fingerprint density at radius 3 is 2.31 bits per heavy atom. The smallest absolute Gasteiger partial charge is 0.261 e. The predicted octanol–water partition coefficient (Wildman–Crippen LogP) is 4.62. The summed E-state index contributed by atoms with van der Waals surface area (Å²) in [6, 6.07) is 11.9. The van der Waals surface area contributed by atoms with Crippen LogP contribution in [0.25, 0.3) is 0 Å². The van der Waals surface area contributed by atoms with E-state index in [9.17, 15) is 9.59 Å². The topological polar surface area (TPSA) is 58.6 Å². The third-order valence-electron chi connectivity index (χ3n) is 4.32. The van der Waals surface area contributed by atoms with Gasteiger partial charge < -0.3 is 15.0 Å². The number of hydrogen-bond donors (Lipinski definition) is 1. The number of hydrogen-bond acceptors (Lipinski definition) is 3. The van der Waals surface area contributed by atoms with Gasteiger partial charge in [0.25, 0.3) is 5.91 Å². The van der Waals surface area contributed by atoms with Gasteiger partial charge in [0, 0.05) is 17.6 Å². The first-order valence-electron chi connectivity index (χ1n) is 9.40. The molecule has 156 valence electrons. The molecule has 0 aromatic heterocycles. The fourth-order valence-corrected chi connectivity index (χ4v) is 3.16. The lowest BCUT2D eigenvalue weighted by Crippen LogP contribution is -2.50. The first kappa shape index (κ1) is 23.0. The summed E-state index contributed by atoms with van der Waals surface area (Å²) in [6.07, 6.45) is 0. The Balaban J connectivity index is 2.16. The van der Waals surface area contributed by atoms with Crippen molar-refractivity contribution in [3.05, 3.63) is 63.6 Å². The van der Waals surface area contributed by atoms with Crippen LogP contribution in [0.15, 0.2) is 42.5 Å². The summed E-state index contributed by atoms with van der Waals surface area (Å²) in [7, 11) is 0. The number of amides is 2. The van der Waals surface area contributed by atoms with Gasteiger partial charge in [0.15, 0.2) is 6.61 Å². The Hall–Kier alpha value is -2.24. The third-order valence-corrected chi connectivity index (χ3v) is 4.85. The van der Waals surface area contributed by atoms with E-state index in [1.54, 1.807) is 25.1 Å². The zero-order valence-corrected chi connectivity index (χ0v) is 18.6. The van der Waals surface area contributed by atoms with E-state index >= 15 is 0 Å². The average molecular weight is 437 g/mol. The SMILES string of the molecule is Cc1ccc(CN(C(=O)COc2ccc(Cl)cc2Cl)[C@H](C)C(=O)NC(C)C)cc1. The van der Waals surface area contributed by atoms with Crippen molar-refractivity contribution in [2.45, 2.75) is 46.3 Å². The van der Waals surface area contributed by atoms with Gasteiger partial charge in [-0.25, -0.2) is 0 Å². The summed E-state index contributed by atoms with van der Waals surface area (Å²) in [5.41, 5.74) is 2.05. The van der Waals surface area contributed by atoms with E-state index in [-0.39, 0.29) is 24.5 Å². The van der Waals surface area contributed by atoms with Gasteiger partial charge >= 0.3 is 0 Å². The van der Waals surface area contributed by atoms with Crippen LogP contribution in [0.2, 0.25) is 10.0 Å². The minimum Gasteiger partial charge on any atom is -0.482 e. The molecule has 0 aliphatic rings. The molecule has 2 aromatic rings. The van der Waals surface area contributed by atoms with E-state index in [0.29, 0.717) is 22.3 Å². The summed E-state index contributed by atoms with van der Waals surface area (Å²) in [4.78, 5) is 27.0. The molecule has 1 atom stereocenters. The quantitative estimate of drug-likeness (QED) is 0.656. The molecule has 0 radical (unpaired) electrons. The molecule has 5 nitrogen and oxygen atoms in total. The Bertz CT molecular complexity index is 854. The molecule has 0 saturated heterocycles. The van der Waals surface area contributed by atoms with E-state index in [0.717, 1.165) is 11.1 Å². The number of rotatable bonds is 8. The largest absolute Gasteiger partial charge is 0.482 e. The maximum Gasteiger partial charge on any atom is 0.261 e. The molecule has 0 aliphatic heterocycles. The summed E-state index contributed by atoms with van der Waals surface area (Å²) < 4.78 is 5.59. The van der Waals surface area contributed by atoms with E-state index in [4.69, 9.17) is 27.9 Å². The Morgan fingerprint density at radius 2 is 1.72 bits per heavy atom. The molecule has 29 heavy (non-hydrogen) atoms. The van der Waals surface area contributed by atoms with Crippen molar-refractivity contribution in [2.24, 2.45) is 0 Å². The van der Waals surface area contributed by atoms with Gasteiger partial charge in [-0.15, -0.1) is 0 Å². The molecular weight excluding hydrogens is 411 g/mol. The van der Waals surface area contributed by atoms with Gasteiger partial charge in [-0.05, 0) is 51.5 Å². The number of ether oxygens (including phenoxy) is 1. The van der Waals surface area contributed by atoms with E-state index < -0.39 is 6.04 Å². The lowest BCUT2D eigenvalue weighted by molar-refractivity contribution is -0.142. The second kappa shape index (κ2) is 10.5. The van der Waals surface area contributed by atoms with Gasteiger partial charge in [-0.1, -0.05) is 53.0 Å². The van der Waals surface area contributed by atoms with Crippen molar-refractivity contribution in [3.8, 4) is 5.75 Å². The average Bonchev–Trinajstić information content (AvgIpc) is 2.65. The Kier molecular flexibility index (Phi) is 8.35. The number of carbonyl (C=O) groups is 2. The Labute approximate surface area is 181 Å². The first-order chi connectivity index (χ1) is 13.7. The normalized spacial score (nSPS) is 11.8. The first-order valence-corrected chi connectivity index (χ1v) is 10.2. The van der Waals surface area contributed by atoms with Crippen molar-refractivity contribution in [1.82, 2.24) is 10.2 Å².